The Morgan fingerprint density at radius 3 is 2.50 bits per heavy atom. The number of halogens is 2. The van der Waals surface area contributed by atoms with Crippen LogP contribution < -0.4 is 10.6 Å². The number of benzene rings is 2. The molecule has 0 saturated heterocycles. The highest BCUT2D eigenvalue weighted by Gasteiger charge is 2.11. The fourth-order valence-electron chi connectivity index (χ4n) is 2.87. The van der Waals surface area contributed by atoms with Gasteiger partial charge in [-0.2, -0.15) is 0 Å². The molecule has 0 atom stereocenters. The van der Waals surface area contributed by atoms with Crippen LogP contribution in [0.25, 0.3) is 0 Å². The van der Waals surface area contributed by atoms with Gasteiger partial charge in [0.05, 0.1) is 18.9 Å². The molecule has 0 radical (unpaired) electrons. The zero-order chi connectivity index (χ0) is 22.1. The van der Waals surface area contributed by atoms with E-state index in [4.69, 9.17) is 4.74 Å². The average Bonchev–Trinajstić information content (AvgIpc) is 2.67. The standard InChI is InChI=1S/C21H27F2N3O3S/c1-4-24-21(25-11-15-5-8-20(23)18(9-15)13-29-2)26-12-17-10-19(22)7-6-16(17)14-30(3,27)28/h5-10H,4,11-14H2,1-3H3,(H2,24,25,26). The highest BCUT2D eigenvalue weighted by atomic mass is 32.2. The molecule has 0 bridgehead atoms. The molecule has 164 valence electrons. The molecule has 2 N–H and O–H groups in total. The normalized spacial score (nSPS) is 12.1. The Balaban J connectivity index is 2.15. The minimum absolute atomic E-state index is 0.171. The number of sulfone groups is 1. The summed E-state index contributed by atoms with van der Waals surface area (Å²) in [5.41, 5.74) is 2.33. The van der Waals surface area contributed by atoms with Crippen LogP contribution in [-0.4, -0.2) is 34.3 Å². The van der Waals surface area contributed by atoms with Crippen molar-refractivity contribution in [3.05, 3.63) is 70.3 Å². The van der Waals surface area contributed by atoms with Crippen molar-refractivity contribution in [2.45, 2.75) is 32.4 Å². The van der Waals surface area contributed by atoms with E-state index in [0.29, 0.717) is 35.7 Å². The van der Waals surface area contributed by atoms with E-state index < -0.39 is 15.7 Å². The molecular formula is C21H27F2N3O3S. The molecule has 0 heterocycles. The molecular weight excluding hydrogens is 412 g/mol. The third-order valence-electron chi connectivity index (χ3n) is 4.21. The van der Waals surface area contributed by atoms with Crippen molar-refractivity contribution >= 4 is 15.8 Å². The molecule has 2 rings (SSSR count). The van der Waals surface area contributed by atoms with Crippen molar-refractivity contribution < 1.29 is 21.9 Å². The number of nitrogens with zero attached hydrogens (tertiary/aromatic N) is 1. The van der Waals surface area contributed by atoms with Crippen LogP contribution in [-0.2, 0) is 40.0 Å². The van der Waals surface area contributed by atoms with Crippen LogP contribution in [0.5, 0.6) is 0 Å². The van der Waals surface area contributed by atoms with Gasteiger partial charge in [-0.05, 0) is 47.9 Å². The lowest BCUT2D eigenvalue weighted by molar-refractivity contribution is 0.181. The summed E-state index contributed by atoms with van der Waals surface area (Å²) in [5.74, 6) is -0.470. The Hall–Kier alpha value is -2.52. The van der Waals surface area contributed by atoms with Gasteiger partial charge in [-0.1, -0.05) is 12.1 Å². The maximum Gasteiger partial charge on any atom is 0.191 e. The van der Waals surface area contributed by atoms with Gasteiger partial charge in [0.15, 0.2) is 15.8 Å². The van der Waals surface area contributed by atoms with Crippen LogP contribution in [0.2, 0.25) is 0 Å². The third-order valence-corrected chi connectivity index (χ3v) is 5.04. The zero-order valence-corrected chi connectivity index (χ0v) is 18.2. The number of aliphatic imine (C=N–C) groups is 1. The van der Waals surface area contributed by atoms with Gasteiger partial charge in [0.25, 0.3) is 0 Å². The number of guanidine groups is 1. The Morgan fingerprint density at radius 1 is 1.07 bits per heavy atom. The minimum atomic E-state index is -3.26. The molecule has 0 saturated carbocycles. The topological polar surface area (TPSA) is 79.8 Å². The first kappa shape index (κ1) is 23.8. The molecule has 9 heteroatoms. The van der Waals surface area contributed by atoms with Crippen LogP contribution in [0.15, 0.2) is 41.4 Å². The van der Waals surface area contributed by atoms with Gasteiger partial charge in [-0.15, -0.1) is 0 Å². The second-order valence-corrected chi connectivity index (χ2v) is 9.03. The molecule has 2 aromatic rings. The fraction of sp³-hybridized carbons (Fsp3) is 0.381. The molecule has 0 fully saturated rings. The van der Waals surface area contributed by atoms with Crippen LogP contribution in [0.4, 0.5) is 8.78 Å². The molecule has 6 nitrogen and oxygen atoms in total. The molecule has 0 unspecified atom stereocenters. The van der Waals surface area contributed by atoms with Crippen LogP contribution >= 0.6 is 0 Å². The molecule has 0 aromatic heterocycles. The largest absolute Gasteiger partial charge is 0.380 e. The molecule has 30 heavy (non-hydrogen) atoms. The quantitative estimate of drug-likeness (QED) is 0.464. The van der Waals surface area contributed by atoms with E-state index in [9.17, 15) is 17.2 Å². The Morgan fingerprint density at radius 2 is 1.83 bits per heavy atom. The Bertz CT molecular complexity index is 995. The number of ether oxygens (including phenoxy) is 1. The van der Waals surface area contributed by atoms with Crippen molar-refractivity contribution in [1.29, 1.82) is 0 Å². The number of nitrogens with one attached hydrogen (secondary N) is 2. The van der Waals surface area contributed by atoms with Crippen LogP contribution in [0.3, 0.4) is 0 Å². The van der Waals surface area contributed by atoms with Crippen molar-refractivity contribution in [1.82, 2.24) is 10.6 Å². The van der Waals surface area contributed by atoms with E-state index >= 15 is 0 Å². The van der Waals surface area contributed by atoms with Gasteiger partial charge in [0.1, 0.15) is 11.6 Å². The second-order valence-electron chi connectivity index (χ2n) is 6.89. The summed E-state index contributed by atoms with van der Waals surface area (Å²) in [4.78, 5) is 4.48. The Labute approximate surface area is 176 Å². The highest BCUT2D eigenvalue weighted by molar-refractivity contribution is 7.89. The predicted octanol–water partition coefficient (Wildman–Crippen LogP) is 2.91. The maximum atomic E-state index is 13.8. The van der Waals surface area contributed by atoms with Gasteiger partial charge in [-0.3, -0.25) is 0 Å². The second kappa shape index (κ2) is 11.0. The van der Waals surface area contributed by atoms with Crippen molar-refractivity contribution in [3.63, 3.8) is 0 Å². The summed E-state index contributed by atoms with van der Waals surface area (Å²) in [6.45, 7) is 3.18. The first-order valence-corrected chi connectivity index (χ1v) is 11.5. The van der Waals surface area contributed by atoms with Gasteiger partial charge in [0, 0.05) is 32.0 Å². The van der Waals surface area contributed by atoms with Gasteiger partial charge in [0.2, 0.25) is 0 Å². The van der Waals surface area contributed by atoms with Crippen LogP contribution in [0.1, 0.15) is 29.2 Å². The molecule has 0 spiro atoms. The molecule has 0 aliphatic carbocycles. The third kappa shape index (κ3) is 7.72. The van der Waals surface area contributed by atoms with Crippen molar-refractivity contribution in [2.75, 3.05) is 19.9 Å². The molecule has 0 amide bonds. The molecule has 2 aromatic carbocycles. The van der Waals surface area contributed by atoms with E-state index in [1.54, 1.807) is 12.1 Å². The minimum Gasteiger partial charge on any atom is -0.380 e. The number of rotatable bonds is 9. The lowest BCUT2D eigenvalue weighted by Gasteiger charge is -2.14. The number of hydrogen-bond donors (Lipinski definition) is 2. The maximum absolute atomic E-state index is 13.8. The fourth-order valence-corrected chi connectivity index (χ4v) is 3.71. The lowest BCUT2D eigenvalue weighted by Crippen LogP contribution is -2.37. The summed E-state index contributed by atoms with van der Waals surface area (Å²) >= 11 is 0. The smallest absolute Gasteiger partial charge is 0.191 e. The number of hydrogen-bond acceptors (Lipinski definition) is 4. The molecule has 0 aliphatic rings. The van der Waals surface area contributed by atoms with Crippen molar-refractivity contribution in [3.8, 4) is 0 Å². The average molecular weight is 440 g/mol. The van der Waals surface area contributed by atoms with Gasteiger partial charge < -0.3 is 15.4 Å². The van der Waals surface area contributed by atoms with E-state index in [-0.39, 0.29) is 24.7 Å². The van der Waals surface area contributed by atoms with Gasteiger partial charge >= 0.3 is 0 Å². The van der Waals surface area contributed by atoms with Crippen molar-refractivity contribution in [2.24, 2.45) is 4.99 Å². The summed E-state index contributed by atoms with van der Waals surface area (Å²) in [6, 6.07) is 8.77. The lowest BCUT2D eigenvalue weighted by atomic mass is 10.1. The molecule has 0 aliphatic heterocycles. The van der Waals surface area contributed by atoms with E-state index in [1.807, 2.05) is 6.92 Å². The first-order chi connectivity index (χ1) is 14.2. The van der Waals surface area contributed by atoms with Crippen LogP contribution in [0, 0.1) is 11.6 Å². The Kier molecular flexibility index (Phi) is 8.73. The summed E-state index contributed by atoms with van der Waals surface area (Å²) in [7, 11) is -1.76. The first-order valence-electron chi connectivity index (χ1n) is 9.45. The monoisotopic (exact) mass is 439 g/mol. The summed E-state index contributed by atoms with van der Waals surface area (Å²) in [5, 5.41) is 6.18. The van der Waals surface area contributed by atoms with E-state index in [1.165, 1.54) is 31.4 Å². The van der Waals surface area contributed by atoms with E-state index in [0.717, 1.165) is 11.8 Å². The summed E-state index contributed by atoms with van der Waals surface area (Å²) < 4.78 is 55.7. The predicted molar refractivity (Wildman–Crippen MR) is 114 cm³/mol. The SMILES string of the molecule is CCNC(=NCc1ccc(F)c(COC)c1)NCc1cc(F)ccc1CS(C)(=O)=O. The van der Waals surface area contributed by atoms with E-state index in [2.05, 4.69) is 15.6 Å². The number of methoxy groups -OCH3 is 1. The van der Waals surface area contributed by atoms with Gasteiger partial charge in [-0.25, -0.2) is 22.2 Å². The zero-order valence-electron chi connectivity index (χ0n) is 17.3. The summed E-state index contributed by atoms with van der Waals surface area (Å²) in [6.07, 6.45) is 1.14. The highest BCUT2D eigenvalue weighted by Crippen LogP contribution is 2.15.